The van der Waals surface area contributed by atoms with Gasteiger partial charge >= 0.3 is 5.97 Å². The van der Waals surface area contributed by atoms with E-state index in [2.05, 4.69) is 0 Å². The molecule has 104 valence electrons. The van der Waals surface area contributed by atoms with Crippen molar-refractivity contribution >= 4 is 17.6 Å². The molecule has 20 heavy (non-hydrogen) atoms. The fraction of sp³-hybridized carbons (Fsp3) is 0.133. The van der Waals surface area contributed by atoms with E-state index in [4.69, 9.17) is 26.2 Å². The number of hydrogen-bond acceptors (Lipinski definition) is 3. The van der Waals surface area contributed by atoms with Crippen molar-refractivity contribution < 1.29 is 19.4 Å². The highest BCUT2D eigenvalue weighted by molar-refractivity contribution is 6.32. The number of hydrogen-bond donors (Lipinski definition) is 1. The maximum absolute atomic E-state index is 10.8. The van der Waals surface area contributed by atoms with Gasteiger partial charge in [0, 0.05) is 0 Å². The van der Waals surface area contributed by atoms with Crippen molar-refractivity contribution in [2.45, 2.75) is 6.92 Å². The summed E-state index contributed by atoms with van der Waals surface area (Å²) >= 11 is 6.02. The summed E-state index contributed by atoms with van der Waals surface area (Å²) in [6.07, 6.45) is 0. The molecule has 0 radical (unpaired) electrons. The topological polar surface area (TPSA) is 55.8 Å². The average Bonchev–Trinajstić information content (AvgIpc) is 2.42. The van der Waals surface area contributed by atoms with E-state index in [1.807, 2.05) is 19.1 Å². The Kier molecular flexibility index (Phi) is 4.15. The minimum atomic E-state index is -1.04. The number of aromatic carboxylic acids is 1. The van der Waals surface area contributed by atoms with E-state index >= 15 is 0 Å². The van der Waals surface area contributed by atoms with Crippen molar-refractivity contribution in [1.82, 2.24) is 0 Å². The highest BCUT2D eigenvalue weighted by atomic mass is 35.5. The Bertz CT molecular complexity index is 652. The van der Waals surface area contributed by atoms with E-state index in [1.54, 1.807) is 13.2 Å². The molecule has 0 aliphatic carbocycles. The first-order valence-corrected chi connectivity index (χ1v) is 6.24. The minimum Gasteiger partial charge on any atom is -0.493 e. The van der Waals surface area contributed by atoms with Crippen LogP contribution in [0.25, 0.3) is 0 Å². The van der Waals surface area contributed by atoms with Crippen LogP contribution in [0.3, 0.4) is 0 Å². The SMILES string of the molecule is COc1cc(C)ccc1Oc1ccc(C(=O)O)cc1Cl. The lowest BCUT2D eigenvalue weighted by atomic mass is 10.2. The zero-order valence-electron chi connectivity index (χ0n) is 11.0. The maximum atomic E-state index is 10.8. The lowest BCUT2D eigenvalue weighted by Crippen LogP contribution is -1.97. The average molecular weight is 293 g/mol. The van der Waals surface area contributed by atoms with Crippen LogP contribution in [-0.4, -0.2) is 18.2 Å². The summed E-state index contributed by atoms with van der Waals surface area (Å²) in [7, 11) is 1.55. The predicted octanol–water partition coefficient (Wildman–Crippen LogP) is 4.15. The smallest absolute Gasteiger partial charge is 0.335 e. The van der Waals surface area contributed by atoms with Crippen molar-refractivity contribution in [2.24, 2.45) is 0 Å². The summed E-state index contributed by atoms with van der Waals surface area (Å²) in [5.41, 5.74) is 1.15. The first-order valence-electron chi connectivity index (χ1n) is 5.86. The Hall–Kier alpha value is -2.20. The molecule has 0 saturated heterocycles. The van der Waals surface area contributed by atoms with Gasteiger partial charge in [0.05, 0.1) is 17.7 Å². The van der Waals surface area contributed by atoms with Crippen LogP contribution in [0.15, 0.2) is 36.4 Å². The Morgan fingerprint density at radius 3 is 2.40 bits per heavy atom. The zero-order valence-corrected chi connectivity index (χ0v) is 11.8. The van der Waals surface area contributed by atoms with Gasteiger partial charge in [-0.2, -0.15) is 0 Å². The summed E-state index contributed by atoms with van der Waals surface area (Å²) in [6, 6.07) is 9.80. The van der Waals surface area contributed by atoms with Gasteiger partial charge in [0.2, 0.25) is 0 Å². The monoisotopic (exact) mass is 292 g/mol. The van der Waals surface area contributed by atoms with Crippen LogP contribution in [0.2, 0.25) is 5.02 Å². The van der Waals surface area contributed by atoms with Crippen LogP contribution in [0.1, 0.15) is 15.9 Å². The third-order valence-electron chi connectivity index (χ3n) is 2.72. The fourth-order valence-corrected chi connectivity index (χ4v) is 1.91. The Morgan fingerprint density at radius 2 is 1.80 bits per heavy atom. The fourth-order valence-electron chi connectivity index (χ4n) is 1.69. The van der Waals surface area contributed by atoms with E-state index in [0.717, 1.165) is 5.56 Å². The van der Waals surface area contributed by atoms with Crippen LogP contribution >= 0.6 is 11.6 Å². The molecule has 0 aliphatic rings. The van der Waals surface area contributed by atoms with E-state index in [1.165, 1.54) is 18.2 Å². The molecule has 2 aromatic carbocycles. The first-order chi connectivity index (χ1) is 9.51. The minimum absolute atomic E-state index is 0.109. The summed E-state index contributed by atoms with van der Waals surface area (Å²) < 4.78 is 10.9. The van der Waals surface area contributed by atoms with Crippen LogP contribution < -0.4 is 9.47 Å². The van der Waals surface area contributed by atoms with Gasteiger partial charge < -0.3 is 14.6 Å². The molecule has 0 atom stereocenters. The lowest BCUT2D eigenvalue weighted by Gasteiger charge is -2.12. The molecule has 0 saturated carbocycles. The van der Waals surface area contributed by atoms with Crippen LogP contribution in [0, 0.1) is 6.92 Å². The summed E-state index contributed by atoms with van der Waals surface area (Å²) in [5.74, 6) is 0.441. The molecule has 1 N–H and O–H groups in total. The third-order valence-corrected chi connectivity index (χ3v) is 3.01. The molecule has 2 aromatic rings. The number of ether oxygens (including phenoxy) is 2. The Labute approximate surface area is 121 Å². The first kappa shape index (κ1) is 14.2. The predicted molar refractivity (Wildman–Crippen MR) is 76.2 cm³/mol. The number of benzene rings is 2. The standard InChI is InChI=1S/C15H13ClO4/c1-9-3-5-13(14(7-9)19-2)20-12-6-4-10(15(17)18)8-11(12)16/h3-8H,1-2H3,(H,17,18). The Balaban J connectivity index is 2.33. The molecule has 0 heterocycles. The van der Waals surface area contributed by atoms with Crippen molar-refractivity contribution in [3.8, 4) is 17.2 Å². The molecular weight excluding hydrogens is 280 g/mol. The van der Waals surface area contributed by atoms with Crippen LogP contribution in [-0.2, 0) is 0 Å². The Morgan fingerprint density at radius 1 is 1.10 bits per heavy atom. The molecule has 0 bridgehead atoms. The highest BCUT2D eigenvalue weighted by Crippen LogP contribution is 2.35. The van der Waals surface area contributed by atoms with Gasteiger partial charge in [-0.1, -0.05) is 17.7 Å². The van der Waals surface area contributed by atoms with Crippen LogP contribution in [0.5, 0.6) is 17.2 Å². The zero-order chi connectivity index (χ0) is 14.7. The molecule has 2 rings (SSSR count). The second-order valence-corrected chi connectivity index (χ2v) is 4.61. The molecule has 0 aromatic heterocycles. The van der Waals surface area contributed by atoms with Crippen molar-refractivity contribution in [3.63, 3.8) is 0 Å². The van der Waals surface area contributed by atoms with Gasteiger partial charge in [-0.15, -0.1) is 0 Å². The summed E-state index contributed by atoms with van der Waals surface area (Å²) in [4.78, 5) is 10.8. The number of rotatable bonds is 4. The molecule has 0 unspecified atom stereocenters. The molecular formula is C15H13ClO4. The number of halogens is 1. The molecule has 0 aliphatic heterocycles. The molecule has 0 fully saturated rings. The van der Waals surface area contributed by atoms with Gasteiger partial charge in [-0.3, -0.25) is 0 Å². The normalized spacial score (nSPS) is 10.2. The number of carboxylic acids is 1. The van der Waals surface area contributed by atoms with E-state index in [-0.39, 0.29) is 10.6 Å². The van der Waals surface area contributed by atoms with Crippen LogP contribution in [0.4, 0.5) is 0 Å². The number of aryl methyl sites for hydroxylation is 1. The number of methoxy groups -OCH3 is 1. The maximum Gasteiger partial charge on any atom is 0.335 e. The van der Waals surface area contributed by atoms with E-state index in [0.29, 0.717) is 17.2 Å². The van der Waals surface area contributed by atoms with E-state index in [9.17, 15) is 4.79 Å². The third kappa shape index (κ3) is 3.03. The molecule has 0 spiro atoms. The lowest BCUT2D eigenvalue weighted by molar-refractivity contribution is 0.0697. The highest BCUT2D eigenvalue weighted by Gasteiger charge is 2.11. The molecule has 5 heteroatoms. The van der Waals surface area contributed by atoms with Gasteiger partial charge in [0.1, 0.15) is 5.75 Å². The van der Waals surface area contributed by atoms with Gasteiger partial charge in [0.25, 0.3) is 0 Å². The second kappa shape index (κ2) is 5.84. The van der Waals surface area contributed by atoms with Crippen molar-refractivity contribution in [2.75, 3.05) is 7.11 Å². The van der Waals surface area contributed by atoms with E-state index < -0.39 is 5.97 Å². The molecule has 4 nitrogen and oxygen atoms in total. The van der Waals surface area contributed by atoms with Gasteiger partial charge in [-0.05, 0) is 42.8 Å². The van der Waals surface area contributed by atoms with Gasteiger partial charge in [-0.25, -0.2) is 4.79 Å². The molecule has 0 amide bonds. The largest absolute Gasteiger partial charge is 0.493 e. The number of carboxylic acid groups (broad SMARTS) is 1. The quantitative estimate of drug-likeness (QED) is 0.920. The van der Waals surface area contributed by atoms with Crippen molar-refractivity contribution in [3.05, 3.63) is 52.5 Å². The summed E-state index contributed by atoms with van der Waals surface area (Å²) in [6.45, 7) is 1.95. The second-order valence-electron chi connectivity index (χ2n) is 4.21. The number of carbonyl (C=O) groups is 1. The van der Waals surface area contributed by atoms with Gasteiger partial charge in [0.15, 0.2) is 11.5 Å². The summed E-state index contributed by atoms with van der Waals surface area (Å²) in [5, 5.41) is 9.11. The van der Waals surface area contributed by atoms with Crippen molar-refractivity contribution in [1.29, 1.82) is 0 Å².